The van der Waals surface area contributed by atoms with Gasteiger partial charge in [-0.3, -0.25) is 0 Å². The summed E-state index contributed by atoms with van der Waals surface area (Å²) in [4.78, 5) is 0. The highest BCUT2D eigenvalue weighted by atomic mass is 15.0. The first kappa shape index (κ1) is 13.0. The second-order valence-corrected chi connectivity index (χ2v) is 8.23. The van der Waals surface area contributed by atoms with Crippen LogP contribution in [0.4, 0.5) is 0 Å². The average Bonchev–Trinajstić information content (AvgIpc) is 3.16. The van der Waals surface area contributed by atoms with Crippen LogP contribution in [0.1, 0.15) is 72.1 Å². The number of rotatable bonds is 4. The molecule has 0 heterocycles. The van der Waals surface area contributed by atoms with Crippen LogP contribution in [0.5, 0.6) is 0 Å². The molecule has 0 bridgehead atoms. The van der Waals surface area contributed by atoms with Crippen LogP contribution in [0, 0.1) is 23.2 Å². The first-order valence-corrected chi connectivity index (χ1v) is 8.32. The molecule has 0 saturated heterocycles. The van der Waals surface area contributed by atoms with Gasteiger partial charge in [0.2, 0.25) is 0 Å². The van der Waals surface area contributed by atoms with Gasteiger partial charge in [-0.15, -0.1) is 0 Å². The van der Waals surface area contributed by atoms with E-state index in [1.165, 1.54) is 51.4 Å². The smallest absolute Gasteiger partial charge is 0.0126 e. The maximum atomic E-state index is 4.14. The van der Waals surface area contributed by atoms with Crippen LogP contribution >= 0.6 is 0 Å². The van der Waals surface area contributed by atoms with Gasteiger partial charge in [0.05, 0.1) is 0 Å². The molecule has 18 heavy (non-hydrogen) atoms. The standard InChI is InChI=1S/C17H31N/c1-17(2,3)14-6-4-5-7-15(14)18-16(12-8-9-12)13-10-11-13/h12-16,18H,4-11H2,1-3H3. The number of hydrogen-bond acceptors (Lipinski definition) is 1. The van der Waals surface area contributed by atoms with Crippen molar-refractivity contribution in [3.8, 4) is 0 Å². The molecule has 2 unspecified atom stereocenters. The van der Waals surface area contributed by atoms with Gasteiger partial charge in [0, 0.05) is 12.1 Å². The zero-order chi connectivity index (χ0) is 12.8. The summed E-state index contributed by atoms with van der Waals surface area (Å²) >= 11 is 0. The van der Waals surface area contributed by atoms with Gasteiger partial charge < -0.3 is 5.32 Å². The third-order valence-corrected chi connectivity index (χ3v) is 5.54. The Balaban J connectivity index is 1.64. The molecule has 3 rings (SSSR count). The molecule has 0 aromatic rings. The lowest BCUT2D eigenvalue weighted by Crippen LogP contribution is -2.49. The van der Waals surface area contributed by atoms with Crippen molar-refractivity contribution >= 4 is 0 Å². The fourth-order valence-corrected chi connectivity index (χ4v) is 4.18. The highest BCUT2D eigenvalue weighted by Crippen LogP contribution is 2.46. The number of nitrogens with one attached hydrogen (secondary N) is 1. The molecule has 0 aromatic heterocycles. The van der Waals surface area contributed by atoms with E-state index in [0.29, 0.717) is 5.41 Å². The molecule has 3 aliphatic carbocycles. The van der Waals surface area contributed by atoms with E-state index in [-0.39, 0.29) is 0 Å². The van der Waals surface area contributed by atoms with E-state index in [0.717, 1.165) is 29.8 Å². The third-order valence-electron chi connectivity index (χ3n) is 5.54. The maximum Gasteiger partial charge on any atom is 0.0126 e. The molecule has 1 heteroatoms. The van der Waals surface area contributed by atoms with E-state index in [2.05, 4.69) is 26.1 Å². The second-order valence-electron chi connectivity index (χ2n) is 8.23. The first-order chi connectivity index (χ1) is 8.55. The summed E-state index contributed by atoms with van der Waals surface area (Å²) in [5.74, 6) is 2.98. The predicted octanol–water partition coefficient (Wildman–Crippen LogP) is 4.37. The minimum Gasteiger partial charge on any atom is -0.310 e. The Labute approximate surface area is 113 Å². The summed E-state index contributed by atoms with van der Waals surface area (Å²) in [5, 5.41) is 4.14. The largest absolute Gasteiger partial charge is 0.310 e. The molecule has 1 nitrogen and oxygen atoms in total. The normalized spacial score (nSPS) is 34.0. The van der Waals surface area contributed by atoms with E-state index in [9.17, 15) is 0 Å². The molecule has 3 aliphatic rings. The van der Waals surface area contributed by atoms with E-state index in [1.54, 1.807) is 0 Å². The monoisotopic (exact) mass is 249 g/mol. The van der Waals surface area contributed by atoms with Crippen molar-refractivity contribution in [2.75, 3.05) is 0 Å². The lowest BCUT2D eigenvalue weighted by atomic mass is 9.69. The Morgan fingerprint density at radius 2 is 1.39 bits per heavy atom. The van der Waals surface area contributed by atoms with Crippen molar-refractivity contribution in [1.82, 2.24) is 5.32 Å². The van der Waals surface area contributed by atoms with Gasteiger partial charge in [-0.25, -0.2) is 0 Å². The molecule has 0 aliphatic heterocycles. The van der Waals surface area contributed by atoms with Crippen LogP contribution in [0.25, 0.3) is 0 Å². The van der Waals surface area contributed by atoms with Gasteiger partial charge in [0.15, 0.2) is 0 Å². The molecule has 0 radical (unpaired) electrons. The fourth-order valence-electron chi connectivity index (χ4n) is 4.18. The van der Waals surface area contributed by atoms with Crippen LogP contribution < -0.4 is 5.32 Å². The van der Waals surface area contributed by atoms with Crippen molar-refractivity contribution in [1.29, 1.82) is 0 Å². The van der Waals surface area contributed by atoms with E-state index in [4.69, 9.17) is 0 Å². The van der Waals surface area contributed by atoms with Gasteiger partial charge in [-0.05, 0) is 61.7 Å². The molecule has 0 aromatic carbocycles. The quantitative estimate of drug-likeness (QED) is 0.780. The molecule has 0 amide bonds. The Morgan fingerprint density at radius 1 is 0.833 bits per heavy atom. The van der Waals surface area contributed by atoms with E-state index in [1.807, 2.05) is 0 Å². The predicted molar refractivity (Wildman–Crippen MR) is 77.6 cm³/mol. The van der Waals surface area contributed by atoms with Crippen LogP contribution in [-0.2, 0) is 0 Å². The lowest BCUT2D eigenvalue weighted by molar-refractivity contribution is 0.117. The summed E-state index contributed by atoms with van der Waals surface area (Å²) in [6, 6.07) is 1.70. The van der Waals surface area contributed by atoms with E-state index >= 15 is 0 Å². The summed E-state index contributed by atoms with van der Waals surface area (Å²) in [5.41, 5.74) is 0.482. The summed E-state index contributed by atoms with van der Waals surface area (Å²) in [6.07, 6.45) is 11.8. The third kappa shape index (κ3) is 2.92. The Morgan fingerprint density at radius 3 is 1.89 bits per heavy atom. The summed E-state index contributed by atoms with van der Waals surface area (Å²) in [6.45, 7) is 7.34. The molecular formula is C17H31N. The van der Waals surface area contributed by atoms with Gasteiger partial charge in [0.25, 0.3) is 0 Å². The zero-order valence-corrected chi connectivity index (χ0v) is 12.5. The highest BCUT2D eigenvalue weighted by Gasteiger charge is 2.44. The summed E-state index contributed by atoms with van der Waals surface area (Å²) < 4.78 is 0. The minimum absolute atomic E-state index is 0.482. The van der Waals surface area contributed by atoms with Crippen molar-refractivity contribution in [3.63, 3.8) is 0 Å². The first-order valence-electron chi connectivity index (χ1n) is 8.32. The highest BCUT2D eigenvalue weighted by molar-refractivity contribution is 4.99. The van der Waals surface area contributed by atoms with Crippen LogP contribution in [0.15, 0.2) is 0 Å². The Kier molecular flexibility index (Phi) is 3.47. The van der Waals surface area contributed by atoms with Gasteiger partial charge in [0.1, 0.15) is 0 Å². The Bertz CT molecular complexity index is 270. The molecule has 104 valence electrons. The van der Waals surface area contributed by atoms with E-state index < -0.39 is 0 Å². The molecule has 3 saturated carbocycles. The summed E-state index contributed by atoms with van der Waals surface area (Å²) in [7, 11) is 0. The van der Waals surface area contributed by atoms with Crippen molar-refractivity contribution in [2.24, 2.45) is 23.2 Å². The topological polar surface area (TPSA) is 12.0 Å². The molecule has 0 spiro atoms. The molecular weight excluding hydrogens is 218 g/mol. The van der Waals surface area contributed by atoms with Crippen LogP contribution in [0.2, 0.25) is 0 Å². The van der Waals surface area contributed by atoms with Gasteiger partial charge >= 0.3 is 0 Å². The minimum atomic E-state index is 0.482. The SMILES string of the molecule is CC(C)(C)C1CCCCC1NC(C1CC1)C1CC1. The zero-order valence-electron chi connectivity index (χ0n) is 12.5. The molecule has 2 atom stereocenters. The van der Waals surface area contributed by atoms with Crippen molar-refractivity contribution in [2.45, 2.75) is 84.2 Å². The van der Waals surface area contributed by atoms with Gasteiger partial charge in [-0.2, -0.15) is 0 Å². The van der Waals surface area contributed by atoms with Gasteiger partial charge in [-0.1, -0.05) is 33.6 Å². The van der Waals surface area contributed by atoms with Crippen LogP contribution in [0.3, 0.4) is 0 Å². The number of hydrogen-bond donors (Lipinski definition) is 1. The molecule has 1 N–H and O–H groups in total. The maximum absolute atomic E-state index is 4.14. The van der Waals surface area contributed by atoms with Crippen molar-refractivity contribution in [3.05, 3.63) is 0 Å². The lowest BCUT2D eigenvalue weighted by Gasteiger charge is -2.42. The second kappa shape index (κ2) is 4.81. The molecule has 3 fully saturated rings. The van der Waals surface area contributed by atoms with Crippen molar-refractivity contribution < 1.29 is 0 Å². The Hall–Kier alpha value is -0.0400. The van der Waals surface area contributed by atoms with Crippen LogP contribution in [-0.4, -0.2) is 12.1 Å². The average molecular weight is 249 g/mol. The fraction of sp³-hybridized carbons (Fsp3) is 1.00.